The topological polar surface area (TPSA) is 102 Å². The van der Waals surface area contributed by atoms with Gasteiger partial charge in [0.1, 0.15) is 11.3 Å². The van der Waals surface area contributed by atoms with Gasteiger partial charge in [0, 0.05) is 25.2 Å². The number of carbonyl (C=O) groups excluding carboxylic acids is 2. The fourth-order valence-corrected chi connectivity index (χ4v) is 4.47. The minimum atomic E-state index is -0.562. The Balaban J connectivity index is 1.79. The van der Waals surface area contributed by atoms with Gasteiger partial charge in [0.25, 0.3) is 5.69 Å². The second-order valence-electron chi connectivity index (χ2n) is 9.22. The lowest BCUT2D eigenvalue weighted by Gasteiger charge is -2.36. The number of nitro groups is 1. The molecule has 0 saturated carbocycles. The lowest BCUT2D eigenvalue weighted by molar-refractivity contribution is -0.384. The first kappa shape index (κ1) is 22.8. The number of likely N-dealkylation sites (tertiary alicyclic amines) is 1. The SMILES string of the molecule is CCC(CC(=O)OC)c1ccc(N2C[C@@H]3C[C@H]2CN3C(=O)OC(C)(C)C)c([N+](=O)[O-])c1. The third-order valence-electron chi connectivity index (χ3n) is 5.98. The number of hydrogen-bond donors (Lipinski definition) is 0. The summed E-state index contributed by atoms with van der Waals surface area (Å²) in [7, 11) is 1.34. The van der Waals surface area contributed by atoms with Gasteiger partial charge in [0.2, 0.25) is 0 Å². The molecule has 2 fully saturated rings. The summed E-state index contributed by atoms with van der Waals surface area (Å²) < 4.78 is 10.3. The van der Waals surface area contributed by atoms with Crippen molar-refractivity contribution in [2.75, 3.05) is 25.1 Å². The van der Waals surface area contributed by atoms with E-state index in [1.54, 1.807) is 17.0 Å². The zero-order valence-electron chi connectivity index (χ0n) is 18.8. The van der Waals surface area contributed by atoms with E-state index in [-0.39, 0.29) is 47.1 Å². The first-order valence-electron chi connectivity index (χ1n) is 10.7. The molecule has 0 spiro atoms. The van der Waals surface area contributed by atoms with E-state index in [1.807, 2.05) is 38.7 Å². The first-order valence-corrected chi connectivity index (χ1v) is 10.7. The average Bonchev–Trinajstić information content (AvgIpc) is 3.31. The van der Waals surface area contributed by atoms with Gasteiger partial charge in [-0.15, -0.1) is 0 Å². The number of nitro benzene ring substituents is 1. The number of piperazine rings is 1. The second kappa shape index (κ2) is 8.72. The zero-order valence-corrected chi connectivity index (χ0v) is 18.8. The maximum atomic E-state index is 12.5. The predicted molar refractivity (Wildman–Crippen MR) is 115 cm³/mol. The lowest BCUT2D eigenvalue weighted by atomic mass is 9.92. The summed E-state index contributed by atoms with van der Waals surface area (Å²) >= 11 is 0. The van der Waals surface area contributed by atoms with Crippen LogP contribution in [0.15, 0.2) is 18.2 Å². The minimum Gasteiger partial charge on any atom is -0.469 e. The molecule has 1 unspecified atom stereocenters. The van der Waals surface area contributed by atoms with E-state index >= 15 is 0 Å². The molecule has 1 aromatic rings. The summed E-state index contributed by atoms with van der Waals surface area (Å²) in [5, 5.41) is 11.9. The Morgan fingerprint density at radius 3 is 2.48 bits per heavy atom. The van der Waals surface area contributed by atoms with E-state index in [9.17, 15) is 19.7 Å². The molecule has 2 bridgehead atoms. The zero-order chi connectivity index (χ0) is 22.9. The Hall–Kier alpha value is -2.84. The molecule has 2 saturated heterocycles. The van der Waals surface area contributed by atoms with Crippen molar-refractivity contribution in [3.05, 3.63) is 33.9 Å². The number of ether oxygens (including phenoxy) is 2. The van der Waals surface area contributed by atoms with Crippen molar-refractivity contribution in [3.63, 3.8) is 0 Å². The van der Waals surface area contributed by atoms with Gasteiger partial charge in [-0.1, -0.05) is 13.0 Å². The van der Waals surface area contributed by atoms with Crippen LogP contribution in [0.25, 0.3) is 0 Å². The van der Waals surface area contributed by atoms with Crippen molar-refractivity contribution in [1.29, 1.82) is 0 Å². The second-order valence-corrected chi connectivity index (χ2v) is 9.22. The number of benzene rings is 1. The molecule has 0 N–H and O–H groups in total. The molecule has 9 nitrogen and oxygen atoms in total. The standard InChI is InChI=1S/C22H31N3O6/c1-6-14(10-20(26)30-5)15-7-8-18(19(9-15)25(28)29)23-12-17-11-16(23)13-24(17)21(27)31-22(2,3)4/h7-9,14,16-17H,6,10-13H2,1-5H3/t14?,16-,17-/m0/s1. The van der Waals surface area contributed by atoms with Crippen molar-refractivity contribution in [2.24, 2.45) is 0 Å². The van der Waals surface area contributed by atoms with Crippen LogP contribution in [0.2, 0.25) is 0 Å². The fraction of sp³-hybridized carbons (Fsp3) is 0.636. The molecule has 0 aromatic heterocycles. The number of fused-ring (bicyclic) bond motifs is 2. The highest BCUT2D eigenvalue weighted by Gasteiger charge is 2.47. The Morgan fingerprint density at radius 2 is 1.97 bits per heavy atom. The van der Waals surface area contributed by atoms with Crippen LogP contribution in [0.1, 0.15) is 58.4 Å². The lowest BCUT2D eigenvalue weighted by Crippen LogP contribution is -2.50. The number of carbonyl (C=O) groups is 2. The molecule has 3 rings (SSSR count). The van der Waals surface area contributed by atoms with Gasteiger partial charge in [-0.05, 0) is 51.2 Å². The van der Waals surface area contributed by atoms with Crippen LogP contribution in [-0.2, 0) is 14.3 Å². The molecule has 3 atom stereocenters. The summed E-state index contributed by atoms with van der Waals surface area (Å²) in [6.45, 7) is 8.46. The number of amides is 1. The third kappa shape index (κ3) is 4.91. The molecule has 1 aromatic carbocycles. The average molecular weight is 434 g/mol. The number of nitrogens with zero attached hydrogens (tertiary/aromatic N) is 3. The molecular formula is C22H31N3O6. The van der Waals surface area contributed by atoms with E-state index < -0.39 is 5.60 Å². The highest BCUT2D eigenvalue weighted by molar-refractivity contribution is 5.73. The normalized spacial score (nSPS) is 21.2. The Labute approximate surface area is 182 Å². The molecule has 1 amide bonds. The summed E-state index contributed by atoms with van der Waals surface area (Å²) in [5.41, 5.74) is 0.769. The van der Waals surface area contributed by atoms with Crippen molar-refractivity contribution < 1.29 is 24.0 Å². The Kier molecular flexibility index (Phi) is 6.43. The third-order valence-corrected chi connectivity index (χ3v) is 5.98. The van der Waals surface area contributed by atoms with Gasteiger partial charge in [-0.2, -0.15) is 0 Å². The van der Waals surface area contributed by atoms with Crippen LogP contribution >= 0.6 is 0 Å². The van der Waals surface area contributed by atoms with Crippen LogP contribution < -0.4 is 4.90 Å². The maximum Gasteiger partial charge on any atom is 0.410 e. The molecule has 9 heteroatoms. The summed E-state index contributed by atoms with van der Waals surface area (Å²) in [4.78, 5) is 39.4. The van der Waals surface area contributed by atoms with Crippen molar-refractivity contribution in [2.45, 2.75) is 70.6 Å². The van der Waals surface area contributed by atoms with Crippen LogP contribution in [-0.4, -0.2) is 59.8 Å². The van der Waals surface area contributed by atoms with Crippen LogP contribution in [0.5, 0.6) is 0 Å². The maximum absolute atomic E-state index is 12.5. The molecule has 31 heavy (non-hydrogen) atoms. The first-order chi connectivity index (χ1) is 14.5. The van der Waals surface area contributed by atoms with Gasteiger partial charge in [-0.25, -0.2) is 4.79 Å². The number of esters is 1. The summed E-state index contributed by atoms with van der Waals surface area (Å²) in [6.07, 6.45) is 1.28. The minimum absolute atomic E-state index is 0.0131. The molecule has 2 heterocycles. The van der Waals surface area contributed by atoms with E-state index in [1.165, 1.54) is 7.11 Å². The van der Waals surface area contributed by atoms with Crippen LogP contribution in [0.4, 0.5) is 16.2 Å². The smallest absolute Gasteiger partial charge is 0.410 e. The number of methoxy groups -OCH3 is 1. The highest BCUT2D eigenvalue weighted by Crippen LogP contribution is 2.41. The van der Waals surface area contributed by atoms with E-state index in [2.05, 4.69) is 0 Å². The quantitative estimate of drug-likeness (QED) is 0.381. The molecular weight excluding hydrogens is 402 g/mol. The monoisotopic (exact) mass is 433 g/mol. The van der Waals surface area contributed by atoms with Crippen molar-refractivity contribution in [1.82, 2.24) is 4.90 Å². The van der Waals surface area contributed by atoms with Crippen molar-refractivity contribution >= 4 is 23.4 Å². The molecule has 0 radical (unpaired) electrons. The number of anilines is 1. The van der Waals surface area contributed by atoms with Gasteiger partial charge in [0.15, 0.2) is 0 Å². The molecule has 2 aliphatic rings. The number of hydrogen-bond acceptors (Lipinski definition) is 7. The summed E-state index contributed by atoms with van der Waals surface area (Å²) in [6, 6.07) is 5.19. The largest absolute Gasteiger partial charge is 0.469 e. The van der Waals surface area contributed by atoms with E-state index in [0.29, 0.717) is 25.2 Å². The predicted octanol–water partition coefficient (Wildman–Crippen LogP) is 3.85. The Bertz CT molecular complexity index is 865. The van der Waals surface area contributed by atoms with Gasteiger partial charge >= 0.3 is 12.1 Å². The van der Waals surface area contributed by atoms with Crippen LogP contribution in [0, 0.1) is 10.1 Å². The molecule has 0 aliphatic carbocycles. The van der Waals surface area contributed by atoms with E-state index in [4.69, 9.17) is 9.47 Å². The number of rotatable bonds is 6. The van der Waals surface area contributed by atoms with Crippen LogP contribution in [0.3, 0.4) is 0 Å². The van der Waals surface area contributed by atoms with E-state index in [0.717, 1.165) is 12.0 Å². The van der Waals surface area contributed by atoms with Crippen molar-refractivity contribution in [3.8, 4) is 0 Å². The molecule has 2 aliphatic heterocycles. The summed E-state index contributed by atoms with van der Waals surface area (Å²) in [5.74, 6) is -0.476. The Morgan fingerprint density at radius 1 is 1.26 bits per heavy atom. The van der Waals surface area contributed by atoms with Gasteiger partial charge in [-0.3, -0.25) is 14.9 Å². The highest BCUT2D eigenvalue weighted by atomic mass is 16.6. The van der Waals surface area contributed by atoms with Gasteiger partial charge < -0.3 is 19.3 Å². The molecule has 170 valence electrons. The fourth-order valence-electron chi connectivity index (χ4n) is 4.47. The van der Waals surface area contributed by atoms with Gasteiger partial charge in [0.05, 0.1) is 24.5 Å².